The van der Waals surface area contributed by atoms with E-state index in [2.05, 4.69) is 9.72 Å². The van der Waals surface area contributed by atoms with Gasteiger partial charge in [0.15, 0.2) is 0 Å². The standard InChI is InChI=1S/C6H7ClN2O2/c1-11-6(10)5-3(7)2-4(8)9-5/h2,9H,8H2,1H3. The molecule has 0 fully saturated rings. The van der Waals surface area contributed by atoms with Crippen LogP contribution >= 0.6 is 11.6 Å². The van der Waals surface area contributed by atoms with Crippen LogP contribution < -0.4 is 5.73 Å². The number of hydrogen-bond acceptors (Lipinski definition) is 3. The van der Waals surface area contributed by atoms with Gasteiger partial charge < -0.3 is 15.5 Å². The monoisotopic (exact) mass is 174 g/mol. The molecule has 0 bridgehead atoms. The maximum absolute atomic E-state index is 10.9. The van der Waals surface area contributed by atoms with Crippen molar-refractivity contribution in [1.29, 1.82) is 0 Å². The summed E-state index contributed by atoms with van der Waals surface area (Å²) in [5.74, 6) is -0.179. The molecule has 0 unspecified atom stereocenters. The summed E-state index contributed by atoms with van der Waals surface area (Å²) in [6.45, 7) is 0. The molecule has 0 aliphatic heterocycles. The first kappa shape index (κ1) is 7.94. The molecule has 60 valence electrons. The lowest BCUT2D eigenvalue weighted by atomic mass is 10.4. The van der Waals surface area contributed by atoms with Crippen molar-refractivity contribution in [2.75, 3.05) is 12.8 Å². The zero-order valence-electron chi connectivity index (χ0n) is 5.85. The van der Waals surface area contributed by atoms with Crippen molar-refractivity contribution >= 4 is 23.4 Å². The van der Waals surface area contributed by atoms with E-state index in [1.807, 2.05) is 0 Å². The number of rotatable bonds is 1. The van der Waals surface area contributed by atoms with Crippen LogP contribution in [0.1, 0.15) is 10.5 Å². The number of ether oxygens (including phenoxy) is 1. The smallest absolute Gasteiger partial charge is 0.356 e. The van der Waals surface area contributed by atoms with E-state index in [4.69, 9.17) is 17.3 Å². The molecule has 0 spiro atoms. The van der Waals surface area contributed by atoms with Gasteiger partial charge in [-0.1, -0.05) is 11.6 Å². The molecular weight excluding hydrogens is 168 g/mol. The van der Waals surface area contributed by atoms with Crippen LogP contribution in [0.3, 0.4) is 0 Å². The zero-order valence-corrected chi connectivity index (χ0v) is 6.61. The Morgan fingerprint density at radius 2 is 2.45 bits per heavy atom. The minimum atomic E-state index is -0.522. The zero-order chi connectivity index (χ0) is 8.43. The number of esters is 1. The molecule has 0 aliphatic rings. The van der Waals surface area contributed by atoms with Gasteiger partial charge in [-0.05, 0) is 6.07 Å². The molecule has 0 atom stereocenters. The number of anilines is 1. The quantitative estimate of drug-likeness (QED) is 0.625. The average molecular weight is 175 g/mol. The minimum absolute atomic E-state index is 0.187. The topological polar surface area (TPSA) is 68.1 Å². The van der Waals surface area contributed by atoms with Crippen LogP contribution in [0.5, 0.6) is 0 Å². The predicted octanol–water partition coefficient (Wildman–Crippen LogP) is 1.04. The predicted molar refractivity (Wildman–Crippen MR) is 41.6 cm³/mol. The van der Waals surface area contributed by atoms with E-state index in [9.17, 15) is 4.79 Å². The van der Waals surface area contributed by atoms with Crippen LogP contribution in [0.25, 0.3) is 0 Å². The Labute approximate surface area is 68.3 Å². The highest BCUT2D eigenvalue weighted by molar-refractivity contribution is 6.33. The molecule has 11 heavy (non-hydrogen) atoms. The molecule has 0 saturated heterocycles. The first-order valence-electron chi connectivity index (χ1n) is 2.87. The summed E-state index contributed by atoms with van der Waals surface area (Å²) in [7, 11) is 1.27. The van der Waals surface area contributed by atoms with Crippen molar-refractivity contribution in [3.05, 3.63) is 16.8 Å². The number of nitrogens with two attached hydrogens (primary N) is 1. The fourth-order valence-corrected chi connectivity index (χ4v) is 0.941. The van der Waals surface area contributed by atoms with Gasteiger partial charge in [-0.25, -0.2) is 4.79 Å². The molecule has 0 saturated carbocycles. The summed E-state index contributed by atoms with van der Waals surface area (Å²) in [4.78, 5) is 13.4. The highest BCUT2D eigenvalue weighted by atomic mass is 35.5. The molecule has 0 radical (unpaired) electrons. The van der Waals surface area contributed by atoms with E-state index >= 15 is 0 Å². The fourth-order valence-electron chi connectivity index (χ4n) is 0.699. The Balaban J connectivity index is 3.03. The number of carbonyl (C=O) groups is 1. The Morgan fingerprint density at radius 1 is 1.82 bits per heavy atom. The molecule has 3 N–H and O–H groups in total. The molecule has 1 aromatic heterocycles. The summed E-state index contributed by atoms with van der Waals surface area (Å²) < 4.78 is 4.42. The maximum Gasteiger partial charge on any atom is 0.356 e. The highest BCUT2D eigenvalue weighted by Crippen LogP contribution is 2.18. The number of carbonyl (C=O) groups excluding carboxylic acids is 1. The van der Waals surface area contributed by atoms with Gasteiger partial charge in [-0.15, -0.1) is 0 Å². The summed E-state index contributed by atoms with van der Waals surface area (Å²) in [6.07, 6.45) is 0. The second-order valence-electron chi connectivity index (χ2n) is 1.94. The minimum Gasteiger partial charge on any atom is -0.464 e. The van der Waals surface area contributed by atoms with Crippen LogP contribution in [0.2, 0.25) is 5.02 Å². The van der Waals surface area contributed by atoms with E-state index in [1.54, 1.807) is 0 Å². The third-order valence-corrected chi connectivity index (χ3v) is 1.48. The van der Waals surface area contributed by atoms with Crippen LogP contribution in [-0.4, -0.2) is 18.1 Å². The summed E-state index contributed by atoms with van der Waals surface area (Å²) >= 11 is 5.61. The van der Waals surface area contributed by atoms with E-state index in [0.717, 1.165) is 0 Å². The van der Waals surface area contributed by atoms with Crippen LogP contribution in [0.4, 0.5) is 5.82 Å². The first-order chi connectivity index (χ1) is 5.15. The number of H-pyrrole nitrogens is 1. The second-order valence-corrected chi connectivity index (χ2v) is 2.35. The number of nitrogens with one attached hydrogen (secondary N) is 1. The number of halogens is 1. The third-order valence-electron chi connectivity index (χ3n) is 1.18. The van der Waals surface area contributed by atoms with Gasteiger partial charge in [0.25, 0.3) is 0 Å². The molecule has 1 heterocycles. The van der Waals surface area contributed by atoms with Crippen LogP contribution in [-0.2, 0) is 4.74 Å². The Morgan fingerprint density at radius 3 is 2.82 bits per heavy atom. The van der Waals surface area contributed by atoms with Gasteiger partial charge in [0.05, 0.1) is 12.1 Å². The van der Waals surface area contributed by atoms with Gasteiger partial charge in [0.2, 0.25) is 0 Å². The van der Waals surface area contributed by atoms with Gasteiger partial charge in [-0.2, -0.15) is 0 Å². The first-order valence-corrected chi connectivity index (χ1v) is 3.25. The lowest BCUT2D eigenvalue weighted by Gasteiger charge is -1.94. The van der Waals surface area contributed by atoms with Gasteiger partial charge in [-0.3, -0.25) is 0 Å². The van der Waals surface area contributed by atoms with Gasteiger partial charge >= 0.3 is 5.97 Å². The van der Waals surface area contributed by atoms with Crippen molar-refractivity contribution in [3.63, 3.8) is 0 Å². The number of methoxy groups -OCH3 is 1. The normalized spacial score (nSPS) is 9.64. The number of aromatic amines is 1. The lowest BCUT2D eigenvalue weighted by molar-refractivity contribution is 0.0595. The highest BCUT2D eigenvalue weighted by Gasteiger charge is 2.12. The van der Waals surface area contributed by atoms with Crippen molar-refractivity contribution in [2.24, 2.45) is 0 Å². The molecule has 0 amide bonds. The summed E-state index contributed by atoms with van der Waals surface area (Å²) in [5.41, 5.74) is 5.51. The Bertz CT molecular complexity index is 282. The van der Waals surface area contributed by atoms with E-state index in [1.165, 1.54) is 13.2 Å². The van der Waals surface area contributed by atoms with E-state index in [-0.39, 0.29) is 10.7 Å². The van der Waals surface area contributed by atoms with Crippen LogP contribution in [0.15, 0.2) is 6.07 Å². The lowest BCUT2D eigenvalue weighted by Crippen LogP contribution is -2.02. The molecule has 1 aromatic rings. The van der Waals surface area contributed by atoms with Crippen molar-refractivity contribution in [2.45, 2.75) is 0 Å². The SMILES string of the molecule is COC(=O)c1[nH]c(N)cc1Cl. The summed E-state index contributed by atoms with van der Waals surface area (Å²) in [6, 6.07) is 1.45. The van der Waals surface area contributed by atoms with Gasteiger partial charge in [0, 0.05) is 0 Å². The third kappa shape index (κ3) is 1.46. The van der Waals surface area contributed by atoms with Crippen molar-refractivity contribution < 1.29 is 9.53 Å². The van der Waals surface area contributed by atoms with E-state index in [0.29, 0.717) is 5.82 Å². The fraction of sp³-hybridized carbons (Fsp3) is 0.167. The van der Waals surface area contributed by atoms with Gasteiger partial charge in [0.1, 0.15) is 11.5 Å². The Kier molecular flexibility index (Phi) is 2.05. The number of hydrogen-bond donors (Lipinski definition) is 2. The molecule has 4 nitrogen and oxygen atoms in total. The molecule has 0 aromatic carbocycles. The molecule has 5 heteroatoms. The van der Waals surface area contributed by atoms with Crippen LogP contribution in [0, 0.1) is 0 Å². The molecule has 1 rings (SSSR count). The van der Waals surface area contributed by atoms with Crippen molar-refractivity contribution in [1.82, 2.24) is 4.98 Å². The number of nitrogen functional groups attached to an aromatic ring is 1. The Hall–Kier alpha value is -1.16. The maximum atomic E-state index is 10.9. The molecular formula is C6H7ClN2O2. The summed E-state index contributed by atoms with van der Waals surface area (Å²) in [5, 5.41) is 0.273. The van der Waals surface area contributed by atoms with Crippen molar-refractivity contribution in [3.8, 4) is 0 Å². The largest absolute Gasteiger partial charge is 0.464 e. The number of aromatic nitrogens is 1. The van der Waals surface area contributed by atoms with E-state index < -0.39 is 5.97 Å². The average Bonchev–Trinajstić information content (AvgIpc) is 2.28. The molecule has 0 aliphatic carbocycles. The second kappa shape index (κ2) is 2.84.